The van der Waals surface area contributed by atoms with Crippen LogP contribution in [0.4, 0.5) is 27.5 Å². The summed E-state index contributed by atoms with van der Waals surface area (Å²) in [6, 6.07) is 21.2. The standard InChI is InChI=1S/C35H26N4O15S4.4Na.4H/c40-33(38-31-25-7-3-1-5-23(25)27(55(43,44)45)17-29(31)57(49,50)51)19-9-13-21(14-10-19)36-35(42)37-22-15-11-20(12-16-22)34(41)39-32-26-8-4-2-6-24(26)28(56(46,47)48)18-30(32)58(52,53)54;;;;;;;;/h1-18H,(H,38,40)(H,39,41)(H2,36,37,42)(H,43,44,45)(H,46,47,48)(H,49,50,51)(H,52,53,54);;;;;;;;/q;4*+1;4*-1. The van der Waals surface area contributed by atoms with Gasteiger partial charge in [0, 0.05) is 44.0 Å². The van der Waals surface area contributed by atoms with E-state index < -0.39 is 89.3 Å². The van der Waals surface area contributed by atoms with Gasteiger partial charge >= 0.3 is 124 Å². The molecule has 0 aliphatic carbocycles. The van der Waals surface area contributed by atoms with E-state index in [0.717, 1.165) is 0 Å². The fourth-order valence-electron chi connectivity index (χ4n) is 5.80. The van der Waals surface area contributed by atoms with E-state index in [0.29, 0.717) is 12.1 Å². The summed E-state index contributed by atoms with van der Waals surface area (Å²) in [5.41, 5.74) is -0.704. The van der Waals surface area contributed by atoms with Crippen molar-refractivity contribution >= 4 is 103 Å². The van der Waals surface area contributed by atoms with Crippen molar-refractivity contribution in [2.24, 2.45) is 0 Å². The number of urea groups is 1. The molecule has 6 rings (SSSR count). The minimum atomic E-state index is -5.14. The van der Waals surface area contributed by atoms with E-state index in [9.17, 15) is 66.3 Å². The van der Waals surface area contributed by atoms with Crippen molar-refractivity contribution in [3.05, 3.63) is 120 Å². The average Bonchev–Trinajstić information content (AvgIpc) is 3.13. The number of fused-ring (bicyclic) bond motifs is 2. The first-order valence-corrected chi connectivity index (χ1v) is 21.7. The van der Waals surface area contributed by atoms with Gasteiger partial charge in [0.25, 0.3) is 52.3 Å². The summed E-state index contributed by atoms with van der Waals surface area (Å²) in [5, 5.41) is 9.15. The second kappa shape index (κ2) is 21.8. The van der Waals surface area contributed by atoms with E-state index in [1.807, 2.05) is 0 Å². The van der Waals surface area contributed by atoms with Crippen LogP contribution in [0.15, 0.2) is 129 Å². The molecule has 0 aliphatic heterocycles. The first-order chi connectivity index (χ1) is 27.0. The van der Waals surface area contributed by atoms with E-state index in [1.54, 1.807) is 0 Å². The summed E-state index contributed by atoms with van der Waals surface area (Å²) >= 11 is 0. The third-order valence-electron chi connectivity index (χ3n) is 8.34. The molecule has 0 saturated carbocycles. The number of rotatable bonds is 10. The maximum absolute atomic E-state index is 13.2. The number of amides is 4. The van der Waals surface area contributed by atoms with E-state index in [-0.39, 0.29) is 168 Å². The van der Waals surface area contributed by atoms with E-state index in [1.165, 1.54) is 97.1 Å². The fraction of sp³-hybridized carbons (Fsp3) is 0. The van der Waals surface area contributed by atoms with Crippen molar-refractivity contribution in [2.45, 2.75) is 19.6 Å². The Balaban J connectivity index is -0.00000496. The molecule has 0 aromatic heterocycles. The summed E-state index contributed by atoms with van der Waals surface area (Å²) in [6.45, 7) is 0. The average molecular weight is 967 g/mol. The van der Waals surface area contributed by atoms with Crippen LogP contribution in [0.5, 0.6) is 0 Å². The maximum atomic E-state index is 13.2. The monoisotopic (exact) mass is 966 g/mol. The quantitative estimate of drug-likeness (QED) is 0.0468. The molecule has 0 spiro atoms. The van der Waals surface area contributed by atoms with Gasteiger partial charge in [-0.1, -0.05) is 48.5 Å². The van der Waals surface area contributed by atoms with Crippen LogP contribution in [0.25, 0.3) is 21.5 Å². The molecule has 27 heteroatoms. The Morgan fingerprint density at radius 3 is 0.935 bits per heavy atom. The summed E-state index contributed by atoms with van der Waals surface area (Å²) in [7, 11) is -20.2. The third-order valence-corrected chi connectivity index (χ3v) is 11.9. The molecule has 0 atom stereocenters. The van der Waals surface area contributed by atoms with Crippen LogP contribution in [0.1, 0.15) is 26.4 Å². The first kappa shape index (κ1) is 55.8. The molecule has 0 radical (unpaired) electrons. The largest absolute Gasteiger partial charge is 1.00 e. The molecular weight excluding hydrogens is 937 g/mol. The summed E-state index contributed by atoms with van der Waals surface area (Å²) < 4.78 is 136. The summed E-state index contributed by atoms with van der Waals surface area (Å²) in [4.78, 5) is 35.5. The van der Waals surface area contributed by atoms with Crippen LogP contribution < -0.4 is 139 Å². The van der Waals surface area contributed by atoms with Gasteiger partial charge < -0.3 is 27.0 Å². The van der Waals surface area contributed by atoms with Crippen molar-refractivity contribution in [3.8, 4) is 0 Å². The molecule has 0 aliphatic rings. The molecule has 4 amide bonds. The summed E-state index contributed by atoms with van der Waals surface area (Å²) in [6.07, 6.45) is 0. The van der Waals surface area contributed by atoms with Crippen LogP contribution in [-0.4, -0.2) is 69.7 Å². The molecule has 6 aromatic rings. The van der Waals surface area contributed by atoms with Gasteiger partial charge in [0.05, 0.1) is 11.4 Å². The predicted molar refractivity (Wildman–Crippen MR) is 213 cm³/mol. The molecule has 62 heavy (non-hydrogen) atoms. The van der Waals surface area contributed by atoms with E-state index >= 15 is 0 Å². The van der Waals surface area contributed by atoms with Gasteiger partial charge in [0.15, 0.2) is 0 Å². The number of hydrogen-bond donors (Lipinski definition) is 8. The zero-order valence-electron chi connectivity index (χ0n) is 36.8. The van der Waals surface area contributed by atoms with Crippen molar-refractivity contribution in [1.29, 1.82) is 0 Å². The van der Waals surface area contributed by atoms with Crippen molar-refractivity contribution in [1.82, 2.24) is 0 Å². The zero-order chi connectivity index (χ0) is 42.4. The minimum Gasteiger partial charge on any atom is -1.00 e. The summed E-state index contributed by atoms with van der Waals surface area (Å²) in [5.74, 6) is -1.79. The minimum absolute atomic E-state index is 0. The van der Waals surface area contributed by atoms with Gasteiger partial charge in [-0.25, -0.2) is 4.79 Å². The van der Waals surface area contributed by atoms with E-state index in [2.05, 4.69) is 21.3 Å². The van der Waals surface area contributed by atoms with Crippen LogP contribution >= 0.6 is 0 Å². The number of nitrogens with one attached hydrogen (secondary N) is 4. The molecule has 0 heterocycles. The van der Waals surface area contributed by atoms with Gasteiger partial charge in [-0.3, -0.25) is 27.8 Å². The number of anilines is 4. The van der Waals surface area contributed by atoms with Gasteiger partial charge in [0.1, 0.15) is 19.6 Å². The van der Waals surface area contributed by atoms with Gasteiger partial charge in [-0.2, -0.15) is 33.7 Å². The van der Waals surface area contributed by atoms with Gasteiger partial charge in [-0.05, 0) is 60.7 Å². The number of benzene rings is 6. The maximum Gasteiger partial charge on any atom is 1.00 e. The number of carbonyl (C=O) groups is 3. The van der Waals surface area contributed by atoms with Crippen LogP contribution in [0.2, 0.25) is 0 Å². The topological polar surface area (TPSA) is 317 Å². The third kappa shape index (κ3) is 12.9. The molecule has 308 valence electrons. The Bertz CT molecular complexity index is 2990. The van der Waals surface area contributed by atoms with Crippen LogP contribution in [0, 0.1) is 0 Å². The van der Waals surface area contributed by atoms with Gasteiger partial charge in [-0.15, -0.1) is 0 Å². The molecule has 0 fully saturated rings. The van der Waals surface area contributed by atoms with Gasteiger partial charge in [0.2, 0.25) is 0 Å². The Hall–Kier alpha value is -2.31. The Morgan fingerprint density at radius 1 is 0.387 bits per heavy atom. The second-order valence-corrected chi connectivity index (χ2v) is 17.7. The molecule has 6 aromatic carbocycles. The SMILES string of the molecule is O=C(Nc1ccc(C(=O)Nc2c(S(=O)(=O)O)cc(S(=O)(=O)O)c3ccccc23)cc1)Nc1ccc(C(=O)Nc2c(S(=O)(=O)O)cc(S(=O)(=O)O)c3ccccc23)cc1.[H-].[H-].[H-].[H-].[Na+].[Na+].[Na+].[Na+]. The number of carbonyl (C=O) groups excluding carboxylic acids is 3. The Kier molecular flexibility index (Phi) is 19.6. The molecular formula is C35H30N4Na4O15S4. The zero-order valence-corrected chi connectivity index (χ0v) is 44.1. The smallest absolute Gasteiger partial charge is 1.00 e. The first-order valence-electron chi connectivity index (χ1n) is 15.9. The van der Waals surface area contributed by atoms with Crippen LogP contribution in [-0.2, 0) is 40.5 Å². The van der Waals surface area contributed by atoms with Crippen molar-refractivity contribution in [3.63, 3.8) is 0 Å². The number of hydrogen-bond acceptors (Lipinski definition) is 11. The molecule has 0 saturated heterocycles. The molecule has 0 unspecified atom stereocenters. The molecule has 8 N–H and O–H groups in total. The van der Waals surface area contributed by atoms with Crippen molar-refractivity contribution < 1.29 is 190 Å². The van der Waals surface area contributed by atoms with Crippen LogP contribution in [0.3, 0.4) is 0 Å². The van der Waals surface area contributed by atoms with Crippen molar-refractivity contribution in [2.75, 3.05) is 21.3 Å². The molecule has 19 nitrogen and oxygen atoms in total. The fourth-order valence-corrected chi connectivity index (χ4v) is 8.77. The second-order valence-electron chi connectivity index (χ2n) is 12.1. The molecule has 0 bridgehead atoms. The predicted octanol–water partition coefficient (Wildman–Crippen LogP) is -6.41. The normalized spacial score (nSPS) is 11.4. The Morgan fingerprint density at radius 2 is 0.661 bits per heavy atom. The van der Waals surface area contributed by atoms with E-state index in [4.69, 9.17) is 0 Å². The Labute approximate surface area is 448 Å².